The van der Waals surface area contributed by atoms with Gasteiger partial charge in [0.2, 0.25) is 0 Å². The summed E-state index contributed by atoms with van der Waals surface area (Å²) in [6, 6.07) is 4.89. The molecular weight excluding hydrogens is 277 g/mol. The quantitative estimate of drug-likeness (QED) is 0.929. The Balaban J connectivity index is 1.95. The van der Waals surface area contributed by atoms with E-state index in [-0.39, 0.29) is 6.10 Å². The molecule has 0 spiro atoms. The monoisotopic (exact) mass is 292 g/mol. The van der Waals surface area contributed by atoms with Crippen molar-refractivity contribution in [3.8, 4) is 0 Å². The van der Waals surface area contributed by atoms with Crippen LogP contribution in [0.25, 0.3) is 0 Å². The number of aliphatic hydroxyl groups is 1. The zero-order chi connectivity index (χ0) is 13.9. The largest absolute Gasteiger partial charge is 0.416 e. The molecule has 0 radical (unpaired) electrons. The maximum atomic E-state index is 12.4. The van der Waals surface area contributed by atoms with E-state index in [0.29, 0.717) is 18.6 Å². The predicted molar refractivity (Wildman–Crippen MR) is 68.2 cm³/mol. The number of hydrogen-bond donors (Lipinski definition) is 1. The van der Waals surface area contributed by atoms with E-state index >= 15 is 0 Å². The van der Waals surface area contributed by atoms with Crippen LogP contribution in [0, 0.1) is 0 Å². The first-order valence-electron chi connectivity index (χ1n) is 6.00. The third-order valence-electron chi connectivity index (χ3n) is 3.00. The first-order chi connectivity index (χ1) is 8.97. The number of thioether (sulfide) groups is 1. The maximum absolute atomic E-state index is 12.4. The van der Waals surface area contributed by atoms with E-state index in [2.05, 4.69) is 0 Å². The Hall–Kier alpha value is -0.720. The van der Waals surface area contributed by atoms with Crippen LogP contribution in [0.4, 0.5) is 13.2 Å². The molecule has 2 rings (SSSR count). The van der Waals surface area contributed by atoms with Gasteiger partial charge in [0.15, 0.2) is 0 Å². The molecule has 0 bridgehead atoms. The maximum Gasteiger partial charge on any atom is 0.416 e. The molecule has 0 aliphatic carbocycles. The topological polar surface area (TPSA) is 29.5 Å². The van der Waals surface area contributed by atoms with Gasteiger partial charge in [0.1, 0.15) is 0 Å². The van der Waals surface area contributed by atoms with Crippen molar-refractivity contribution in [3.63, 3.8) is 0 Å². The zero-order valence-corrected chi connectivity index (χ0v) is 11.0. The summed E-state index contributed by atoms with van der Waals surface area (Å²) in [5.41, 5.74) is 0.00915. The SMILES string of the molecule is OC(Cc1ccc(C(F)(F)F)cc1)C1CSCCO1. The molecule has 1 aliphatic heterocycles. The molecule has 1 aromatic rings. The molecule has 0 aromatic heterocycles. The van der Waals surface area contributed by atoms with Crippen LogP contribution in [0.3, 0.4) is 0 Å². The number of hydrogen-bond acceptors (Lipinski definition) is 3. The number of alkyl halides is 3. The highest BCUT2D eigenvalue weighted by atomic mass is 32.2. The fourth-order valence-corrected chi connectivity index (χ4v) is 2.86. The van der Waals surface area contributed by atoms with E-state index in [9.17, 15) is 18.3 Å². The van der Waals surface area contributed by atoms with Gasteiger partial charge < -0.3 is 9.84 Å². The number of halogens is 3. The van der Waals surface area contributed by atoms with Gasteiger partial charge in [-0.2, -0.15) is 24.9 Å². The van der Waals surface area contributed by atoms with Gasteiger partial charge in [-0.15, -0.1) is 0 Å². The molecular formula is C13H15F3O2S. The van der Waals surface area contributed by atoms with Crippen molar-refractivity contribution in [1.29, 1.82) is 0 Å². The van der Waals surface area contributed by atoms with Crippen LogP contribution >= 0.6 is 11.8 Å². The minimum absolute atomic E-state index is 0.235. The molecule has 19 heavy (non-hydrogen) atoms. The summed E-state index contributed by atoms with van der Waals surface area (Å²) in [6.45, 7) is 0.611. The Morgan fingerprint density at radius 3 is 2.53 bits per heavy atom. The summed E-state index contributed by atoms with van der Waals surface area (Å²) in [6.07, 6.45) is -4.92. The lowest BCUT2D eigenvalue weighted by molar-refractivity contribution is -0.137. The van der Waals surface area contributed by atoms with E-state index in [1.165, 1.54) is 12.1 Å². The summed E-state index contributed by atoms with van der Waals surface area (Å²) in [7, 11) is 0. The predicted octanol–water partition coefficient (Wildman–Crippen LogP) is 2.74. The van der Waals surface area contributed by atoms with Gasteiger partial charge >= 0.3 is 6.18 Å². The summed E-state index contributed by atoms with van der Waals surface area (Å²) in [5, 5.41) is 10.00. The fraction of sp³-hybridized carbons (Fsp3) is 0.538. The van der Waals surface area contributed by atoms with Gasteiger partial charge in [0, 0.05) is 17.9 Å². The van der Waals surface area contributed by atoms with E-state index in [1.807, 2.05) is 0 Å². The number of rotatable bonds is 3. The first kappa shape index (κ1) is 14.7. The fourth-order valence-electron chi connectivity index (χ4n) is 1.93. The molecule has 1 aromatic carbocycles. The van der Waals surface area contributed by atoms with Gasteiger partial charge in [-0.25, -0.2) is 0 Å². The van der Waals surface area contributed by atoms with Crippen molar-refractivity contribution >= 4 is 11.8 Å². The molecule has 0 amide bonds. The van der Waals surface area contributed by atoms with E-state index in [4.69, 9.17) is 4.74 Å². The molecule has 106 valence electrons. The van der Waals surface area contributed by atoms with Crippen LogP contribution in [-0.2, 0) is 17.3 Å². The minimum atomic E-state index is -4.32. The van der Waals surface area contributed by atoms with Crippen LogP contribution in [-0.4, -0.2) is 35.4 Å². The van der Waals surface area contributed by atoms with Crippen molar-refractivity contribution in [2.24, 2.45) is 0 Å². The molecule has 1 heterocycles. The van der Waals surface area contributed by atoms with Crippen LogP contribution in [0.2, 0.25) is 0 Å². The highest BCUT2D eigenvalue weighted by Gasteiger charge is 2.30. The van der Waals surface area contributed by atoms with Crippen LogP contribution in [0.1, 0.15) is 11.1 Å². The van der Waals surface area contributed by atoms with E-state index < -0.39 is 17.8 Å². The standard InChI is InChI=1S/C13H15F3O2S/c14-13(15,16)10-3-1-9(2-4-10)7-11(17)12-8-19-6-5-18-12/h1-4,11-12,17H,5-8H2. The Morgan fingerprint density at radius 1 is 1.32 bits per heavy atom. The normalized spacial score (nSPS) is 22.2. The van der Waals surface area contributed by atoms with Gasteiger partial charge in [-0.05, 0) is 17.7 Å². The summed E-state index contributed by atoms with van der Waals surface area (Å²) >= 11 is 1.71. The van der Waals surface area contributed by atoms with Gasteiger partial charge in [0.25, 0.3) is 0 Å². The lowest BCUT2D eigenvalue weighted by atomic mass is 10.0. The highest BCUT2D eigenvalue weighted by Crippen LogP contribution is 2.29. The Morgan fingerprint density at radius 2 is 2.00 bits per heavy atom. The van der Waals surface area contributed by atoms with Crippen molar-refractivity contribution in [1.82, 2.24) is 0 Å². The molecule has 1 aliphatic rings. The third kappa shape index (κ3) is 4.12. The van der Waals surface area contributed by atoms with Gasteiger partial charge in [-0.3, -0.25) is 0 Å². The molecule has 1 N–H and O–H groups in total. The molecule has 2 nitrogen and oxygen atoms in total. The van der Waals surface area contributed by atoms with Crippen LogP contribution < -0.4 is 0 Å². The summed E-state index contributed by atoms with van der Waals surface area (Å²) < 4.78 is 42.6. The first-order valence-corrected chi connectivity index (χ1v) is 7.16. The lowest BCUT2D eigenvalue weighted by Gasteiger charge is -2.26. The van der Waals surface area contributed by atoms with Crippen LogP contribution in [0.15, 0.2) is 24.3 Å². The Labute approximate surface area is 114 Å². The van der Waals surface area contributed by atoms with Crippen LogP contribution in [0.5, 0.6) is 0 Å². The van der Waals surface area contributed by atoms with Gasteiger partial charge in [0.05, 0.1) is 24.4 Å². The molecule has 2 atom stereocenters. The smallest absolute Gasteiger partial charge is 0.390 e. The molecule has 0 saturated carbocycles. The van der Waals surface area contributed by atoms with E-state index in [0.717, 1.165) is 23.6 Å². The highest BCUT2D eigenvalue weighted by molar-refractivity contribution is 7.99. The molecule has 1 saturated heterocycles. The number of aliphatic hydroxyl groups excluding tert-OH is 1. The van der Waals surface area contributed by atoms with Crippen molar-refractivity contribution in [3.05, 3.63) is 35.4 Å². The molecule has 6 heteroatoms. The van der Waals surface area contributed by atoms with Crippen molar-refractivity contribution < 1.29 is 23.0 Å². The van der Waals surface area contributed by atoms with Gasteiger partial charge in [-0.1, -0.05) is 12.1 Å². The average molecular weight is 292 g/mol. The lowest BCUT2D eigenvalue weighted by Crippen LogP contribution is -2.36. The second-order valence-electron chi connectivity index (χ2n) is 4.45. The second kappa shape index (κ2) is 6.15. The average Bonchev–Trinajstić information content (AvgIpc) is 2.39. The summed E-state index contributed by atoms with van der Waals surface area (Å²) in [4.78, 5) is 0. The number of benzene rings is 1. The van der Waals surface area contributed by atoms with Crippen molar-refractivity contribution in [2.75, 3.05) is 18.1 Å². The third-order valence-corrected chi connectivity index (χ3v) is 4.02. The Bertz CT molecular complexity index is 399. The van der Waals surface area contributed by atoms with E-state index in [1.54, 1.807) is 11.8 Å². The Kier molecular flexibility index (Phi) is 4.76. The van der Waals surface area contributed by atoms with Crippen molar-refractivity contribution in [2.45, 2.75) is 24.8 Å². The molecule has 2 unspecified atom stereocenters. The zero-order valence-electron chi connectivity index (χ0n) is 10.2. The minimum Gasteiger partial charge on any atom is -0.390 e. The summed E-state index contributed by atoms with van der Waals surface area (Å²) in [5.74, 6) is 1.64. The molecule has 1 fully saturated rings. The number of ether oxygens (including phenoxy) is 1. The second-order valence-corrected chi connectivity index (χ2v) is 5.60.